The molecule has 1 unspecified atom stereocenters. The summed E-state index contributed by atoms with van der Waals surface area (Å²) in [7, 11) is 2.01. The van der Waals surface area contributed by atoms with Crippen molar-refractivity contribution in [3.8, 4) is 0 Å². The molecule has 1 atom stereocenters. The van der Waals surface area contributed by atoms with Gasteiger partial charge in [0.15, 0.2) is 0 Å². The Bertz CT molecular complexity index is 345. The van der Waals surface area contributed by atoms with Crippen LogP contribution in [-0.4, -0.2) is 30.6 Å². The number of halogens is 1. The molecule has 1 aromatic rings. The van der Waals surface area contributed by atoms with Gasteiger partial charge in [-0.25, -0.2) is 0 Å². The molecule has 4 heteroatoms. The number of likely N-dealkylation sites (N-methyl/N-ethyl adjacent to an activating group) is 2. The first-order chi connectivity index (χ1) is 7.98. The van der Waals surface area contributed by atoms with Crippen LogP contribution >= 0.6 is 22.9 Å². The van der Waals surface area contributed by atoms with Gasteiger partial charge in [-0.05, 0) is 45.4 Å². The first kappa shape index (κ1) is 15.0. The molecule has 0 radical (unpaired) electrons. The lowest BCUT2D eigenvalue weighted by Gasteiger charge is -2.43. The molecule has 0 saturated heterocycles. The number of nitrogens with one attached hydrogen (secondary N) is 1. The highest BCUT2D eigenvalue weighted by Crippen LogP contribution is 2.37. The van der Waals surface area contributed by atoms with Crippen molar-refractivity contribution in [3.05, 3.63) is 21.3 Å². The number of rotatable bonds is 6. The van der Waals surface area contributed by atoms with Crippen LogP contribution in [0.15, 0.2) is 11.4 Å². The molecule has 0 aromatic carbocycles. The lowest BCUT2D eigenvalue weighted by atomic mass is 9.91. The topological polar surface area (TPSA) is 15.3 Å². The zero-order valence-electron chi connectivity index (χ0n) is 11.4. The van der Waals surface area contributed by atoms with Crippen LogP contribution in [0.5, 0.6) is 0 Å². The fourth-order valence-electron chi connectivity index (χ4n) is 2.54. The summed E-state index contributed by atoms with van der Waals surface area (Å²) in [6.45, 7) is 11.0. The van der Waals surface area contributed by atoms with Gasteiger partial charge < -0.3 is 5.32 Å². The number of thiophene rings is 1. The summed E-state index contributed by atoms with van der Waals surface area (Å²) in [4.78, 5) is 3.69. The van der Waals surface area contributed by atoms with Crippen molar-refractivity contribution < 1.29 is 0 Å². The van der Waals surface area contributed by atoms with Gasteiger partial charge in [-0.1, -0.05) is 25.4 Å². The Kier molecular flexibility index (Phi) is 5.45. The molecule has 17 heavy (non-hydrogen) atoms. The predicted molar refractivity (Wildman–Crippen MR) is 78.1 cm³/mol. The van der Waals surface area contributed by atoms with Gasteiger partial charge in [0.1, 0.15) is 0 Å². The van der Waals surface area contributed by atoms with E-state index in [0.29, 0.717) is 0 Å². The smallest absolute Gasteiger partial charge is 0.0609 e. The average Bonchev–Trinajstić information content (AvgIpc) is 2.67. The third-order valence-corrected chi connectivity index (χ3v) is 4.90. The van der Waals surface area contributed by atoms with E-state index in [9.17, 15) is 0 Å². The minimum absolute atomic E-state index is 0.0484. The van der Waals surface area contributed by atoms with Crippen LogP contribution in [0.25, 0.3) is 0 Å². The van der Waals surface area contributed by atoms with Crippen LogP contribution in [0.1, 0.15) is 38.6 Å². The highest BCUT2D eigenvalue weighted by molar-refractivity contribution is 7.10. The van der Waals surface area contributed by atoms with Crippen LogP contribution in [0.2, 0.25) is 5.02 Å². The second-order valence-corrected chi connectivity index (χ2v) is 6.04. The van der Waals surface area contributed by atoms with Crippen LogP contribution in [0.3, 0.4) is 0 Å². The molecule has 0 aliphatic carbocycles. The first-order valence-electron chi connectivity index (χ1n) is 6.14. The summed E-state index contributed by atoms with van der Waals surface area (Å²) < 4.78 is 0. The quantitative estimate of drug-likeness (QED) is 0.849. The minimum atomic E-state index is 0.0484. The van der Waals surface area contributed by atoms with E-state index in [0.717, 1.165) is 18.1 Å². The molecular weight excluding hydrogens is 252 g/mol. The van der Waals surface area contributed by atoms with E-state index in [1.54, 1.807) is 11.3 Å². The van der Waals surface area contributed by atoms with Crippen molar-refractivity contribution in [2.75, 3.05) is 20.1 Å². The molecule has 2 nitrogen and oxygen atoms in total. The molecule has 0 spiro atoms. The summed E-state index contributed by atoms with van der Waals surface area (Å²) in [5, 5.41) is 6.34. The maximum atomic E-state index is 6.26. The van der Waals surface area contributed by atoms with Gasteiger partial charge in [0.05, 0.1) is 11.1 Å². The van der Waals surface area contributed by atoms with E-state index < -0.39 is 0 Å². The summed E-state index contributed by atoms with van der Waals surface area (Å²) in [6, 6.07) is 2.24. The number of hydrogen-bond acceptors (Lipinski definition) is 3. The maximum absolute atomic E-state index is 6.26. The second-order valence-electron chi connectivity index (χ2n) is 4.68. The van der Waals surface area contributed by atoms with E-state index in [1.807, 2.05) is 13.1 Å². The van der Waals surface area contributed by atoms with E-state index in [-0.39, 0.29) is 11.6 Å². The monoisotopic (exact) mass is 274 g/mol. The molecule has 0 aliphatic rings. The third-order valence-electron chi connectivity index (χ3n) is 3.48. The van der Waals surface area contributed by atoms with Crippen LogP contribution in [0.4, 0.5) is 0 Å². The minimum Gasteiger partial charge on any atom is -0.311 e. The molecule has 0 aliphatic heterocycles. The Morgan fingerprint density at radius 2 is 2.00 bits per heavy atom. The average molecular weight is 275 g/mol. The molecular formula is C13H23ClN2S. The fourth-order valence-corrected chi connectivity index (χ4v) is 3.99. The SMILES string of the molecule is CCN(CC)C(C)(C)C(NC)c1sccc1Cl. The van der Waals surface area contributed by atoms with Gasteiger partial charge in [-0.2, -0.15) is 0 Å². The van der Waals surface area contributed by atoms with Crippen molar-refractivity contribution in [3.63, 3.8) is 0 Å². The summed E-state index contributed by atoms with van der Waals surface area (Å²) in [5.41, 5.74) is 0.0484. The molecule has 0 fully saturated rings. The molecule has 1 rings (SSSR count). The number of nitrogens with zero attached hydrogens (tertiary/aromatic N) is 1. The predicted octanol–water partition coefficient (Wildman–Crippen LogP) is 3.78. The fraction of sp³-hybridized carbons (Fsp3) is 0.692. The van der Waals surface area contributed by atoms with E-state index in [1.165, 1.54) is 4.88 Å². The lowest BCUT2D eigenvalue weighted by Crippen LogP contribution is -2.51. The van der Waals surface area contributed by atoms with Crippen molar-refractivity contribution in [1.82, 2.24) is 10.2 Å². The molecule has 0 bridgehead atoms. The Morgan fingerprint density at radius 1 is 1.41 bits per heavy atom. The Hall–Kier alpha value is -0.0900. The summed E-state index contributed by atoms with van der Waals surface area (Å²) in [6.07, 6.45) is 0. The van der Waals surface area contributed by atoms with Crippen LogP contribution in [-0.2, 0) is 0 Å². The third kappa shape index (κ3) is 3.02. The van der Waals surface area contributed by atoms with Gasteiger partial charge in [-0.3, -0.25) is 4.90 Å². The summed E-state index contributed by atoms with van der Waals surface area (Å²) >= 11 is 7.99. The van der Waals surface area contributed by atoms with Crippen molar-refractivity contribution in [2.24, 2.45) is 0 Å². The lowest BCUT2D eigenvalue weighted by molar-refractivity contribution is 0.0958. The van der Waals surface area contributed by atoms with Crippen molar-refractivity contribution in [2.45, 2.75) is 39.3 Å². The largest absolute Gasteiger partial charge is 0.311 e. The molecule has 1 heterocycles. The summed E-state index contributed by atoms with van der Waals surface area (Å²) in [5.74, 6) is 0. The van der Waals surface area contributed by atoms with Crippen LogP contribution in [0, 0.1) is 0 Å². The van der Waals surface area contributed by atoms with Gasteiger partial charge in [0.25, 0.3) is 0 Å². The van der Waals surface area contributed by atoms with Crippen molar-refractivity contribution >= 4 is 22.9 Å². The molecule has 1 aromatic heterocycles. The van der Waals surface area contributed by atoms with Gasteiger partial charge >= 0.3 is 0 Å². The standard InChI is InChI=1S/C13H23ClN2S/c1-6-16(7-2)13(3,4)12(15-5)11-10(14)8-9-17-11/h8-9,12,15H,6-7H2,1-5H3. The molecule has 0 amide bonds. The maximum Gasteiger partial charge on any atom is 0.0609 e. The molecule has 98 valence electrons. The van der Waals surface area contributed by atoms with Gasteiger partial charge in [0, 0.05) is 10.4 Å². The Labute approximate surface area is 114 Å². The van der Waals surface area contributed by atoms with Gasteiger partial charge in [0.2, 0.25) is 0 Å². The van der Waals surface area contributed by atoms with E-state index in [4.69, 9.17) is 11.6 Å². The highest BCUT2D eigenvalue weighted by atomic mass is 35.5. The Morgan fingerprint density at radius 3 is 2.35 bits per heavy atom. The normalized spacial score (nSPS) is 14.3. The second kappa shape index (κ2) is 6.19. The van der Waals surface area contributed by atoms with Crippen molar-refractivity contribution in [1.29, 1.82) is 0 Å². The highest BCUT2D eigenvalue weighted by Gasteiger charge is 2.35. The zero-order chi connectivity index (χ0) is 13.1. The van der Waals surface area contributed by atoms with Crippen LogP contribution < -0.4 is 5.32 Å². The Balaban J connectivity index is 3.05. The first-order valence-corrected chi connectivity index (χ1v) is 7.39. The van der Waals surface area contributed by atoms with Gasteiger partial charge in [-0.15, -0.1) is 11.3 Å². The van der Waals surface area contributed by atoms with E-state index >= 15 is 0 Å². The zero-order valence-corrected chi connectivity index (χ0v) is 13.0. The molecule has 1 N–H and O–H groups in total. The molecule has 0 saturated carbocycles. The number of hydrogen-bond donors (Lipinski definition) is 1. The van der Waals surface area contributed by atoms with E-state index in [2.05, 4.69) is 43.3 Å².